The Kier molecular flexibility index (Phi) is 6.81. The van der Waals surface area contributed by atoms with Crippen molar-refractivity contribution in [2.45, 2.75) is 14.4 Å². The second-order valence-electron chi connectivity index (χ2n) is 3.38. The maximum atomic E-state index is 10.4. The second kappa shape index (κ2) is 7.55. The van der Waals surface area contributed by atoms with E-state index in [4.69, 9.17) is 17.2 Å². The summed E-state index contributed by atoms with van der Waals surface area (Å²) in [4.78, 5) is 22.5. The van der Waals surface area contributed by atoms with Crippen molar-refractivity contribution in [3.8, 4) is 0 Å². The van der Waals surface area contributed by atoms with Crippen molar-refractivity contribution in [3.05, 3.63) is 38.9 Å². The largest absolute Gasteiger partial charge is 0.391 e. The highest BCUT2D eigenvalue weighted by molar-refractivity contribution is 7.17. The SMILES string of the molecule is C.Cc1cc(C(N)=O)cs1.NC(=O)c1ccc(N)s1. The standard InChI is InChI=1S/C6H7NOS.C5H6N2OS.CH4/c1-4-2-5(3-9-4)6(7)8;6-4-2-1-3(9-4)5(7)8;/h2-3H,1H3,(H2,7,8);1-2H,6H2,(H2,7,8);1H4. The smallest absolute Gasteiger partial charge is 0.258 e. The molecule has 2 aromatic heterocycles. The predicted octanol–water partition coefficient (Wildman–Crippen LogP) is 2.22. The molecule has 0 fully saturated rings. The van der Waals surface area contributed by atoms with Crippen molar-refractivity contribution in [2.75, 3.05) is 5.73 Å². The van der Waals surface area contributed by atoms with Crippen LogP contribution in [-0.2, 0) is 0 Å². The number of anilines is 1. The van der Waals surface area contributed by atoms with Gasteiger partial charge in [-0.1, -0.05) is 7.43 Å². The molecule has 0 aromatic carbocycles. The summed E-state index contributed by atoms with van der Waals surface area (Å²) in [6, 6.07) is 5.06. The molecule has 0 radical (unpaired) electrons. The number of hydrogen-bond acceptors (Lipinski definition) is 5. The van der Waals surface area contributed by atoms with Gasteiger partial charge >= 0.3 is 0 Å². The molecule has 2 amide bonds. The van der Waals surface area contributed by atoms with Crippen LogP contribution in [0.4, 0.5) is 5.00 Å². The van der Waals surface area contributed by atoms with Crippen LogP contribution in [0.25, 0.3) is 0 Å². The topological polar surface area (TPSA) is 112 Å². The Hall–Kier alpha value is -1.86. The zero-order chi connectivity index (χ0) is 13.7. The average Bonchev–Trinajstić information content (AvgIpc) is 2.88. The summed E-state index contributed by atoms with van der Waals surface area (Å²) in [7, 11) is 0. The summed E-state index contributed by atoms with van der Waals surface area (Å²) in [5.41, 5.74) is 15.9. The minimum Gasteiger partial charge on any atom is -0.391 e. The van der Waals surface area contributed by atoms with Crippen molar-refractivity contribution >= 4 is 39.5 Å². The molecule has 0 unspecified atom stereocenters. The first-order valence-electron chi connectivity index (χ1n) is 4.90. The summed E-state index contributed by atoms with van der Waals surface area (Å²) < 4.78 is 0. The monoisotopic (exact) mass is 299 g/mol. The van der Waals surface area contributed by atoms with Gasteiger partial charge in [-0.25, -0.2) is 0 Å². The number of thiophene rings is 2. The molecule has 0 spiro atoms. The first kappa shape index (κ1) is 17.1. The Labute approximate surface area is 120 Å². The lowest BCUT2D eigenvalue weighted by Crippen LogP contribution is -2.08. The highest BCUT2D eigenvalue weighted by atomic mass is 32.1. The van der Waals surface area contributed by atoms with Crippen LogP contribution in [0.3, 0.4) is 0 Å². The number of nitrogen functional groups attached to an aromatic ring is 1. The lowest BCUT2D eigenvalue weighted by Gasteiger charge is -1.81. The molecule has 7 heteroatoms. The van der Waals surface area contributed by atoms with Crippen LogP contribution in [0.2, 0.25) is 0 Å². The quantitative estimate of drug-likeness (QED) is 0.790. The van der Waals surface area contributed by atoms with E-state index in [0.717, 1.165) is 4.88 Å². The van der Waals surface area contributed by atoms with E-state index in [2.05, 4.69) is 0 Å². The van der Waals surface area contributed by atoms with Gasteiger partial charge in [0.15, 0.2) is 0 Å². The van der Waals surface area contributed by atoms with Gasteiger partial charge < -0.3 is 17.2 Å². The number of amides is 2. The van der Waals surface area contributed by atoms with E-state index >= 15 is 0 Å². The van der Waals surface area contributed by atoms with E-state index < -0.39 is 5.91 Å². The Balaban J connectivity index is 0.000000324. The van der Waals surface area contributed by atoms with Crippen molar-refractivity contribution in [1.82, 2.24) is 0 Å². The van der Waals surface area contributed by atoms with Gasteiger partial charge in [0, 0.05) is 10.3 Å². The van der Waals surface area contributed by atoms with Crippen LogP contribution < -0.4 is 17.2 Å². The van der Waals surface area contributed by atoms with E-state index in [1.54, 1.807) is 23.6 Å². The molecule has 2 heterocycles. The maximum Gasteiger partial charge on any atom is 0.258 e. The molecular weight excluding hydrogens is 282 g/mol. The third-order valence-electron chi connectivity index (χ3n) is 1.88. The molecule has 0 bridgehead atoms. The van der Waals surface area contributed by atoms with Crippen molar-refractivity contribution in [3.63, 3.8) is 0 Å². The van der Waals surface area contributed by atoms with Crippen LogP contribution >= 0.6 is 22.7 Å². The highest BCUT2D eigenvalue weighted by Gasteiger charge is 2.01. The molecular formula is C12H17N3O2S2. The molecule has 2 aromatic rings. The number of carbonyl (C=O) groups is 2. The minimum absolute atomic E-state index is 0. The third kappa shape index (κ3) is 5.54. The van der Waals surface area contributed by atoms with Gasteiger partial charge in [-0.2, -0.15) is 0 Å². The van der Waals surface area contributed by atoms with Gasteiger partial charge in [0.2, 0.25) is 5.91 Å². The van der Waals surface area contributed by atoms with Crippen LogP contribution in [0.1, 0.15) is 32.3 Å². The van der Waals surface area contributed by atoms with Gasteiger partial charge in [0.25, 0.3) is 5.91 Å². The summed E-state index contributed by atoms with van der Waals surface area (Å²) in [6.45, 7) is 1.94. The fourth-order valence-electron chi connectivity index (χ4n) is 1.06. The molecule has 19 heavy (non-hydrogen) atoms. The number of aryl methyl sites for hydroxylation is 1. The summed E-state index contributed by atoms with van der Waals surface area (Å²) in [5.74, 6) is -0.768. The molecule has 0 atom stereocenters. The van der Waals surface area contributed by atoms with Gasteiger partial charge in [-0.3, -0.25) is 9.59 Å². The summed E-state index contributed by atoms with van der Waals surface area (Å²) in [6.07, 6.45) is 0. The van der Waals surface area contributed by atoms with E-state index in [-0.39, 0.29) is 13.3 Å². The Bertz CT molecular complexity index is 511. The van der Waals surface area contributed by atoms with Crippen LogP contribution in [0.5, 0.6) is 0 Å². The number of nitrogens with two attached hydrogens (primary N) is 3. The molecule has 0 saturated carbocycles. The van der Waals surface area contributed by atoms with E-state index in [9.17, 15) is 9.59 Å². The number of rotatable bonds is 2. The molecule has 0 aliphatic heterocycles. The van der Waals surface area contributed by atoms with Gasteiger partial charge in [-0.05, 0) is 25.1 Å². The molecule has 2 rings (SSSR count). The summed E-state index contributed by atoms with van der Waals surface area (Å²) >= 11 is 2.73. The minimum atomic E-state index is -0.420. The molecule has 0 saturated heterocycles. The van der Waals surface area contributed by atoms with Gasteiger partial charge in [0.1, 0.15) is 0 Å². The van der Waals surface area contributed by atoms with Crippen molar-refractivity contribution in [1.29, 1.82) is 0 Å². The zero-order valence-corrected chi connectivity index (χ0v) is 11.3. The molecule has 6 N–H and O–H groups in total. The zero-order valence-electron chi connectivity index (χ0n) is 9.67. The van der Waals surface area contributed by atoms with Crippen molar-refractivity contribution in [2.24, 2.45) is 11.5 Å². The van der Waals surface area contributed by atoms with Crippen LogP contribution in [-0.4, -0.2) is 11.8 Å². The predicted molar refractivity (Wildman–Crippen MR) is 81.6 cm³/mol. The first-order chi connectivity index (χ1) is 8.40. The first-order valence-corrected chi connectivity index (χ1v) is 6.60. The lowest BCUT2D eigenvalue weighted by atomic mass is 10.3. The Morgan fingerprint density at radius 3 is 2.00 bits per heavy atom. The summed E-state index contributed by atoms with van der Waals surface area (Å²) in [5, 5.41) is 2.38. The Morgan fingerprint density at radius 2 is 1.79 bits per heavy atom. The van der Waals surface area contributed by atoms with E-state index in [1.807, 2.05) is 6.92 Å². The normalized spacial score (nSPS) is 8.89. The lowest BCUT2D eigenvalue weighted by molar-refractivity contribution is 0.0993. The molecule has 5 nitrogen and oxygen atoms in total. The molecule has 0 aliphatic carbocycles. The fraction of sp³-hybridized carbons (Fsp3) is 0.167. The van der Waals surface area contributed by atoms with Crippen LogP contribution in [0.15, 0.2) is 23.6 Å². The molecule has 0 aliphatic rings. The Morgan fingerprint density at radius 1 is 1.16 bits per heavy atom. The van der Waals surface area contributed by atoms with Gasteiger partial charge in [0.05, 0.1) is 15.4 Å². The number of hydrogen-bond donors (Lipinski definition) is 3. The van der Waals surface area contributed by atoms with Crippen molar-refractivity contribution < 1.29 is 9.59 Å². The maximum absolute atomic E-state index is 10.4. The van der Waals surface area contributed by atoms with E-state index in [0.29, 0.717) is 15.4 Å². The van der Waals surface area contributed by atoms with E-state index in [1.165, 1.54) is 22.7 Å². The second-order valence-corrected chi connectivity index (χ2v) is 5.61. The number of carbonyl (C=O) groups excluding carboxylic acids is 2. The average molecular weight is 299 g/mol. The highest BCUT2D eigenvalue weighted by Crippen LogP contribution is 2.16. The molecule has 104 valence electrons. The van der Waals surface area contributed by atoms with Gasteiger partial charge in [-0.15, -0.1) is 22.7 Å². The third-order valence-corrected chi connectivity index (χ3v) is 3.68. The van der Waals surface area contributed by atoms with Crippen LogP contribution in [0, 0.1) is 6.92 Å². The fourth-order valence-corrected chi connectivity index (χ4v) is 2.38. The number of primary amides is 2.